The molecular formula is C25H32N4O4. The van der Waals surface area contributed by atoms with E-state index in [0.29, 0.717) is 30.8 Å². The number of rotatable bonds is 6. The van der Waals surface area contributed by atoms with Crippen LogP contribution in [-0.4, -0.2) is 61.0 Å². The van der Waals surface area contributed by atoms with Gasteiger partial charge < -0.3 is 20.7 Å². The molecule has 33 heavy (non-hydrogen) atoms. The van der Waals surface area contributed by atoms with E-state index in [1.165, 1.54) is 0 Å². The predicted octanol–water partition coefficient (Wildman–Crippen LogP) is 2.43. The van der Waals surface area contributed by atoms with E-state index < -0.39 is 17.6 Å². The number of hydrogen-bond acceptors (Lipinski definition) is 6. The summed E-state index contributed by atoms with van der Waals surface area (Å²) < 4.78 is 5.34. The first kappa shape index (κ1) is 24.4. The van der Waals surface area contributed by atoms with Crippen LogP contribution in [0.1, 0.15) is 36.7 Å². The largest absolute Gasteiger partial charge is 0.456 e. The third-order valence-electron chi connectivity index (χ3n) is 5.21. The highest BCUT2D eigenvalue weighted by Gasteiger charge is 2.23. The molecule has 8 nitrogen and oxygen atoms in total. The van der Waals surface area contributed by atoms with Gasteiger partial charge in [-0.25, -0.2) is 4.79 Å². The van der Waals surface area contributed by atoms with Crippen LogP contribution in [0.15, 0.2) is 48.5 Å². The highest BCUT2D eigenvalue weighted by Crippen LogP contribution is 2.20. The van der Waals surface area contributed by atoms with Gasteiger partial charge in [0.05, 0.1) is 18.2 Å². The molecule has 3 N–H and O–H groups in total. The second kappa shape index (κ2) is 10.1. The Bertz CT molecular complexity index is 1010. The summed E-state index contributed by atoms with van der Waals surface area (Å²) in [5.41, 5.74) is 8.21. The van der Waals surface area contributed by atoms with Crippen LogP contribution in [0, 0.1) is 0 Å². The molecule has 0 radical (unpaired) electrons. The quantitative estimate of drug-likeness (QED) is 0.653. The van der Waals surface area contributed by atoms with Crippen LogP contribution in [0.3, 0.4) is 0 Å². The van der Waals surface area contributed by atoms with E-state index >= 15 is 0 Å². The number of piperazine rings is 1. The third kappa shape index (κ3) is 6.87. The number of amides is 2. The van der Waals surface area contributed by atoms with E-state index in [0.717, 1.165) is 17.8 Å². The summed E-state index contributed by atoms with van der Waals surface area (Å²) in [5.74, 6) is -0.699. The molecule has 0 saturated carbocycles. The Morgan fingerprint density at radius 2 is 1.82 bits per heavy atom. The standard InChI is InChI=1S/C25H32N4O4/c1-25(2,3)33-24(32)18-8-10-19(11-9-18)27-23(31)21(26)15-17-6-5-7-20(14-17)29-13-12-28(4)16-22(29)30/h5-11,14,21H,12-13,15-16,26H2,1-4H3,(H,27,31)/t21-/m0/s1. The van der Waals surface area contributed by atoms with E-state index in [1.807, 2.05) is 36.2 Å². The second-order valence-corrected chi connectivity index (χ2v) is 9.33. The lowest BCUT2D eigenvalue weighted by atomic mass is 10.0. The van der Waals surface area contributed by atoms with Gasteiger partial charge in [0.15, 0.2) is 0 Å². The van der Waals surface area contributed by atoms with Gasteiger partial charge in [-0.2, -0.15) is 0 Å². The van der Waals surface area contributed by atoms with Gasteiger partial charge in [0, 0.05) is 24.5 Å². The molecule has 176 valence electrons. The smallest absolute Gasteiger partial charge is 0.338 e. The van der Waals surface area contributed by atoms with Crippen molar-refractivity contribution in [2.24, 2.45) is 5.73 Å². The van der Waals surface area contributed by atoms with Crippen LogP contribution in [0.4, 0.5) is 11.4 Å². The van der Waals surface area contributed by atoms with Crippen molar-refractivity contribution in [3.8, 4) is 0 Å². The zero-order valence-corrected chi connectivity index (χ0v) is 19.6. The molecule has 2 aromatic rings. The highest BCUT2D eigenvalue weighted by molar-refractivity contribution is 5.97. The summed E-state index contributed by atoms with van der Waals surface area (Å²) >= 11 is 0. The topological polar surface area (TPSA) is 105 Å². The highest BCUT2D eigenvalue weighted by atomic mass is 16.6. The number of ether oxygens (including phenoxy) is 1. The van der Waals surface area contributed by atoms with Crippen molar-refractivity contribution < 1.29 is 19.1 Å². The van der Waals surface area contributed by atoms with Gasteiger partial charge in [0.25, 0.3) is 0 Å². The van der Waals surface area contributed by atoms with E-state index in [4.69, 9.17) is 10.5 Å². The van der Waals surface area contributed by atoms with Gasteiger partial charge in [-0.05, 0) is 76.2 Å². The number of benzene rings is 2. The Balaban J connectivity index is 1.59. The summed E-state index contributed by atoms with van der Waals surface area (Å²) in [6.07, 6.45) is 0.331. The lowest BCUT2D eigenvalue weighted by Crippen LogP contribution is -2.48. The van der Waals surface area contributed by atoms with Gasteiger partial charge in [0.2, 0.25) is 11.8 Å². The van der Waals surface area contributed by atoms with Crippen LogP contribution in [0.2, 0.25) is 0 Å². The Labute approximate surface area is 194 Å². The van der Waals surface area contributed by atoms with Crippen molar-refractivity contribution in [2.75, 3.05) is 36.9 Å². The van der Waals surface area contributed by atoms with Gasteiger partial charge in [-0.1, -0.05) is 12.1 Å². The lowest BCUT2D eigenvalue weighted by molar-refractivity contribution is -0.121. The molecule has 1 aliphatic heterocycles. The minimum atomic E-state index is -0.769. The van der Waals surface area contributed by atoms with Crippen molar-refractivity contribution in [2.45, 2.75) is 38.8 Å². The predicted molar refractivity (Wildman–Crippen MR) is 128 cm³/mol. The molecule has 0 unspecified atom stereocenters. The minimum Gasteiger partial charge on any atom is -0.456 e. The van der Waals surface area contributed by atoms with Gasteiger partial charge in [-0.15, -0.1) is 0 Å². The molecule has 0 aliphatic carbocycles. The van der Waals surface area contributed by atoms with E-state index in [-0.39, 0.29) is 11.8 Å². The summed E-state index contributed by atoms with van der Waals surface area (Å²) in [5, 5.41) is 2.78. The molecule has 1 fully saturated rings. The summed E-state index contributed by atoms with van der Waals surface area (Å²) in [6, 6.07) is 13.3. The zero-order valence-electron chi connectivity index (χ0n) is 19.6. The maximum atomic E-state index is 12.6. The maximum absolute atomic E-state index is 12.6. The van der Waals surface area contributed by atoms with E-state index in [1.54, 1.807) is 49.9 Å². The second-order valence-electron chi connectivity index (χ2n) is 9.33. The monoisotopic (exact) mass is 452 g/mol. The van der Waals surface area contributed by atoms with Crippen molar-refractivity contribution in [3.63, 3.8) is 0 Å². The average Bonchev–Trinajstić information content (AvgIpc) is 2.73. The Morgan fingerprint density at radius 1 is 1.12 bits per heavy atom. The molecule has 1 heterocycles. The summed E-state index contributed by atoms with van der Waals surface area (Å²) in [7, 11) is 1.92. The first-order chi connectivity index (χ1) is 15.5. The number of carbonyl (C=O) groups is 3. The molecule has 1 saturated heterocycles. The summed E-state index contributed by atoms with van der Waals surface area (Å²) in [4.78, 5) is 40.8. The number of anilines is 2. The SMILES string of the molecule is CN1CCN(c2cccc(C[C@H](N)C(=O)Nc3ccc(C(=O)OC(C)(C)C)cc3)c2)C(=O)C1. The molecule has 2 aromatic carbocycles. The fourth-order valence-electron chi connectivity index (χ4n) is 3.52. The number of likely N-dealkylation sites (N-methyl/N-ethyl adjacent to an activating group) is 1. The number of nitrogens with one attached hydrogen (secondary N) is 1. The molecule has 0 bridgehead atoms. The van der Waals surface area contributed by atoms with Crippen molar-refractivity contribution in [1.82, 2.24) is 4.90 Å². The zero-order chi connectivity index (χ0) is 24.2. The van der Waals surface area contributed by atoms with Crippen molar-refractivity contribution in [1.29, 1.82) is 0 Å². The van der Waals surface area contributed by atoms with Crippen LogP contribution in [0.25, 0.3) is 0 Å². The molecule has 0 spiro atoms. The first-order valence-corrected chi connectivity index (χ1v) is 11.0. The van der Waals surface area contributed by atoms with Crippen molar-refractivity contribution >= 4 is 29.2 Å². The fraction of sp³-hybridized carbons (Fsp3) is 0.400. The van der Waals surface area contributed by atoms with Crippen LogP contribution in [-0.2, 0) is 20.7 Å². The molecule has 8 heteroatoms. The fourth-order valence-corrected chi connectivity index (χ4v) is 3.52. The number of esters is 1. The lowest BCUT2D eigenvalue weighted by Gasteiger charge is -2.32. The van der Waals surface area contributed by atoms with Gasteiger partial charge >= 0.3 is 5.97 Å². The molecule has 3 rings (SSSR count). The number of hydrogen-bond donors (Lipinski definition) is 2. The normalized spacial score (nSPS) is 15.8. The van der Waals surface area contributed by atoms with Crippen LogP contribution < -0.4 is 16.0 Å². The molecule has 2 amide bonds. The summed E-state index contributed by atoms with van der Waals surface area (Å²) in [6.45, 7) is 7.24. The Kier molecular flexibility index (Phi) is 7.50. The van der Waals surface area contributed by atoms with Crippen molar-refractivity contribution in [3.05, 3.63) is 59.7 Å². The van der Waals surface area contributed by atoms with Crippen LogP contribution in [0.5, 0.6) is 0 Å². The number of nitrogens with zero attached hydrogens (tertiary/aromatic N) is 2. The first-order valence-electron chi connectivity index (χ1n) is 11.0. The Morgan fingerprint density at radius 3 is 2.45 bits per heavy atom. The Hall–Kier alpha value is -3.23. The molecule has 1 atom stereocenters. The molecule has 1 aliphatic rings. The van der Waals surface area contributed by atoms with E-state index in [9.17, 15) is 14.4 Å². The van der Waals surface area contributed by atoms with Gasteiger partial charge in [0.1, 0.15) is 5.60 Å². The molecular weight excluding hydrogens is 420 g/mol. The van der Waals surface area contributed by atoms with E-state index in [2.05, 4.69) is 5.32 Å². The minimum absolute atomic E-state index is 0.0535. The number of carbonyl (C=O) groups excluding carboxylic acids is 3. The van der Waals surface area contributed by atoms with Gasteiger partial charge in [-0.3, -0.25) is 14.5 Å². The number of nitrogens with two attached hydrogens (primary N) is 1. The average molecular weight is 453 g/mol. The molecule has 0 aromatic heterocycles. The third-order valence-corrected chi connectivity index (χ3v) is 5.21. The maximum Gasteiger partial charge on any atom is 0.338 e. The van der Waals surface area contributed by atoms with Crippen LogP contribution >= 0.6 is 0 Å².